The summed E-state index contributed by atoms with van der Waals surface area (Å²) in [5.74, 6) is -5.30. The molecule has 0 bridgehead atoms. The fourth-order valence-corrected chi connectivity index (χ4v) is 8.12. The highest BCUT2D eigenvalue weighted by atomic mass is 16.6. The number of rotatable bonds is 48. The summed E-state index contributed by atoms with van der Waals surface area (Å²) in [6.07, 6.45) is 22.8. The van der Waals surface area contributed by atoms with E-state index in [4.69, 9.17) is 33.2 Å². The third-order valence-electron chi connectivity index (χ3n) is 12.7. The van der Waals surface area contributed by atoms with Gasteiger partial charge in [-0.3, -0.25) is 33.6 Å². The number of ether oxygens (including phenoxy) is 7. The third-order valence-corrected chi connectivity index (χ3v) is 12.7. The van der Waals surface area contributed by atoms with Crippen molar-refractivity contribution >= 4 is 41.8 Å². The van der Waals surface area contributed by atoms with Gasteiger partial charge in [0, 0.05) is 6.42 Å². The van der Waals surface area contributed by atoms with Gasteiger partial charge < -0.3 is 38.1 Å². The van der Waals surface area contributed by atoms with Gasteiger partial charge in [0.1, 0.15) is 51.1 Å². The molecule has 0 aromatic carbocycles. The monoisotopic (exact) mass is 1010 g/mol. The van der Waals surface area contributed by atoms with Crippen LogP contribution in [0.3, 0.4) is 0 Å². The summed E-state index contributed by atoms with van der Waals surface area (Å²) in [5.41, 5.74) is -1.72. The maximum Gasteiger partial charge on any atom is 0.317 e. The number of hydrogen-bond donors (Lipinski definition) is 0. The molecule has 0 rings (SSSR count). The SMILES string of the molecule is CCCCCC(CCCCC)COC(=O)CC(=O)OCC(COC(=O)CCCN(C)C)(COC(=O)CC(=O)OCC(CCCCC)CCCCC)COC(=O)CC(=O)OCC(CCCCC)CCCCC. The molecule has 0 aromatic rings. The molecule has 15 heteroatoms. The lowest BCUT2D eigenvalue weighted by Crippen LogP contribution is -2.44. The van der Waals surface area contributed by atoms with Gasteiger partial charge in [0.25, 0.3) is 0 Å². The van der Waals surface area contributed by atoms with Gasteiger partial charge in [0.05, 0.1) is 19.8 Å². The summed E-state index contributed by atoms with van der Waals surface area (Å²) in [6.45, 7) is 11.5. The summed E-state index contributed by atoms with van der Waals surface area (Å²) in [7, 11) is 3.74. The van der Waals surface area contributed by atoms with Crippen molar-refractivity contribution in [3.8, 4) is 0 Å². The molecule has 0 aliphatic rings. The van der Waals surface area contributed by atoms with E-state index in [2.05, 4.69) is 41.5 Å². The molecule has 0 aliphatic heterocycles. The van der Waals surface area contributed by atoms with Crippen LogP contribution in [0.25, 0.3) is 0 Å². The average molecular weight is 1010 g/mol. The molecule has 0 radical (unpaired) electrons. The zero-order valence-electron chi connectivity index (χ0n) is 46.1. The van der Waals surface area contributed by atoms with Crippen LogP contribution in [0.5, 0.6) is 0 Å². The Bertz CT molecular complexity index is 1250. The van der Waals surface area contributed by atoms with E-state index in [0.717, 1.165) is 154 Å². The summed E-state index contributed by atoms with van der Waals surface area (Å²) in [5, 5.41) is 0. The van der Waals surface area contributed by atoms with E-state index < -0.39 is 92.9 Å². The number of unbranched alkanes of at least 4 members (excludes halogenated alkanes) is 12. The van der Waals surface area contributed by atoms with Gasteiger partial charge in [-0.25, -0.2) is 0 Å². The molecule has 0 fully saturated rings. The van der Waals surface area contributed by atoms with Crippen LogP contribution in [-0.4, -0.2) is 114 Å². The molecule has 0 saturated carbocycles. The van der Waals surface area contributed by atoms with Gasteiger partial charge in [-0.2, -0.15) is 0 Å². The van der Waals surface area contributed by atoms with E-state index in [0.29, 0.717) is 13.0 Å². The Morgan fingerprint density at radius 1 is 0.338 bits per heavy atom. The largest absolute Gasteiger partial charge is 0.465 e. The van der Waals surface area contributed by atoms with Crippen LogP contribution in [0.1, 0.15) is 228 Å². The van der Waals surface area contributed by atoms with Crippen molar-refractivity contribution in [2.45, 2.75) is 228 Å². The summed E-state index contributed by atoms with van der Waals surface area (Å²) >= 11 is 0. The highest BCUT2D eigenvalue weighted by molar-refractivity contribution is 5.92. The third kappa shape index (κ3) is 39.5. The van der Waals surface area contributed by atoms with Crippen LogP contribution in [-0.2, 0) is 66.7 Å². The van der Waals surface area contributed by atoms with Crippen molar-refractivity contribution in [2.75, 3.05) is 66.9 Å². The molecule has 71 heavy (non-hydrogen) atoms. The Morgan fingerprint density at radius 3 is 0.817 bits per heavy atom. The molecule has 0 spiro atoms. The average Bonchev–Trinajstić information content (AvgIpc) is 3.33. The lowest BCUT2D eigenvalue weighted by molar-refractivity contribution is -0.172. The lowest BCUT2D eigenvalue weighted by Gasteiger charge is -2.31. The van der Waals surface area contributed by atoms with Crippen LogP contribution >= 0.6 is 0 Å². The van der Waals surface area contributed by atoms with Crippen LogP contribution in [0.4, 0.5) is 0 Å². The standard InChI is InChI=1S/C56H101NO14/c1-9-15-21-28-46(29-22-16-10-2)39-65-50(59)36-53(62)69-43-56(42-68-49(58)34-27-35-57(7)8,44-70-54(63)37-51(60)66-40-47(30-23-17-11-3)31-24-18-12-4)45-71-55(64)38-52(61)67-41-48(32-25-19-13-5)33-26-20-14-6/h46-48H,9-45H2,1-8H3. The highest BCUT2D eigenvalue weighted by Crippen LogP contribution is 2.25. The predicted molar refractivity (Wildman–Crippen MR) is 276 cm³/mol. The molecule has 0 aliphatic carbocycles. The van der Waals surface area contributed by atoms with Gasteiger partial charge in [0.2, 0.25) is 0 Å². The lowest BCUT2D eigenvalue weighted by atomic mass is 9.92. The Morgan fingerprint density at radius 2 is 0.577 bits per heavy atom. The van der Waals surface area contributed by atoms with Crippen molar-refractivity contribution in [3.05, 3.63) is 0 Å². The van der Waals surface area contributed by atoms with Gasteiger partial charge in [-0.1, -0.05) is 157 Å². The van der Waals surface area contributed by atoms with Crippen LogP contribution in [0, 0.1) is 23.2 Å². The van der Waals surface area contributed by atoms with Gasteiger partial charge >= 0.3 is 41.8 Å². The number of carbonyl (C=O) groups is 7. The number of nitrogens with zero attached hydrogens (tertiary/aromatic N) is 1. The van der Waals surface area contributed by atoms with Crippen LogP contribution in [0.15, 0.2) is 0 Å². The van der Waals surface area contributed by atoms with Crippen molar-refractivity contribution in [1.29, 1.82) is 0 Å². The van der Waals surface area contributed by atoms with E-state index in [1.807, 2.05) is 19.0 Å². The molecule has 0 amide bonds. The predicted octanol–water partition coefficient (Wildman–Crippen LogP) is 11.6. The maximum atomic E-state index is 13.3. The number of carbonyl (C=O) groups excluding carboxylic acids is 7. The quantitative estimate of drug-likeness (QED) is 0.0242. The van der Waals surface area contributed by atoms with Crippen LogP contribution in [0.2, 0.25) is 0 Å². The van der Waals surface area contributed by atoms with Gasteiger partial charge in [-0.05, 0) is 83.3 Å². The molecule has 0 unspecified atom stereocenters. The van der Waals surface area contributed by atoms with Crippen LogP contribution < -0.4 is 0 Å². The number of hydrogen-bond acceptors (Lipinski definition) is 15. The molecule has 0 heterocycles. The topological polar surface area (TPSA) is 187 Å². The van der Waals surface area contributed by atoms with E-state index in [9.17, 15) is 33.6 Å². The van der Waals surface area contributed by atoms with Gasteiger partial charge in [0.15, 0.2) is 0 Å². The van der Waals surface area contributed by atoms with E-state index in [1.54, 1.807) is 0 Å². The maximum absolute atomic E-state index is 13.3. The van der Waals surface area contributed by atoms with Crippen molar-refractivity contribution in [3.63, 3.8) is 0 Å². The second kappa shape index (κ2) is 44.9. The Balaban J connectivity index is 6.34. The fraction of sp³-hybridized carbons (Fsp3) is 0.875. The first-order valence-corrected chi connectivity index (χ1v) is 27.9. The molecule has 0 saturated heterocycles. The van der Waals surface area contributed by atoms with E-state index in [1.165, 1.54) is 0 Å². The molecule has 15 nitrogen and oxygen atoms in total. The Labute approximate surface area is 429 Å². The second-order valence-electron chi connectivity index (χ2n) is 20.2. The fourth-order valence-electron chi connectivity index (χ4n) is 8.12. The molecule has 414 valence electrons. The van der Waals surface area contributed by atoms with Crippen molar-refractivity contribution in [1.82, 2.24) is 4.90 Å². The highest BCUT2D eigenvalue weighted by Gasteiger charge is 2.39. The first kappa shape index (κ1) is 67.2. The first-order valence-electron chi connectivity index (χ1n) is 27.9. The smallest absolute Gasteiger partial charge is 0.317 e. The zero-order valence-corrected chi connectivity index (χ0v) is 46.1. The Kier molecular flexibility index (Phi) is 42.5. The normalized spacial score (nSPS) is 11.5. The van der Waals surface area contributed by atoms with Gasteiger partial charge in [-0.15, -0.1) is 0 Å². The molecule has 0 aromatic heterocycles. The summed E-state index contributed by atoms with van der Waals surface area (Å²) in [6, 6.07) is 0. The summed E-state index contributed by atoms with van der Waals surface area (Å²) in [4.78, 5) is 93.7. The minimum atomic E-state index is -1.72. The summed E-state index contributed by atoms with van der Waals surface area (Å²) < 4.78 is 39.2. The zero-order chi connectivity index (χ0) is 53.0. The minimum absolute atomic E-state index is 0.0325. The van der Waals surface area contributed by atoms with E-state index >= 15 is 0 Å². The first-order chi connectivity index (χ1) is 34.2. The Hall–Kier alpha value is -3.75. The van der Waals surface area contributed by atoms with Crippen molar-refractivity contribution < 1.29 is 66.7 Å². The second-order valence-corrected chi connectivity index (χ2v) is 20.2. The van der Waals surface area contributed by atoms with Crippen molar-refractivity contribution in [2.24, 2.45) is 23.2 Å². The molecule has 0 N–H and O–H groups in total. The van der Waals surface area contributed by atoms with E-state index in [-0.39, 0.29) is 44.0 Å². The molecular formula is C56H101NO14. The molecular weight excluding hydrogens is 911 g/mol. The molecule has 0 atom stereocenters. The number of esters is 7. The minimum Gasteiger partial charge on any atom is -0.465 e.